The van der Waals surface area contributed by atoms with Crippen molar-refractivity contribution in [2.45, 2.75) is 143 Å². The first-order valence-corrected chi connectivity index (χ1v) is 13.5. The average molecular weight is 435 g/mol. The Hall–Kier alpha value is 0. The molecule has 0 heteroatoms. The second-order valence-corrected chi connectivity index (χ2v) is 16.2. The van der Waals surface area contributed by atoms with Gasteiger partial charge in [0.25, 0.3) is 0 Å². The van der Waals surface area contributed by atoms with Gasteiger partial charge < -0.3 is 0 Å². The van der Waals surface area contributed by atoms with Gasteiger partial charge in [-0.15, -0.1) is 0 Å². The molecule has 0 N–H and O–H groups in total. The van der Waals surface area contributed by atoms with E-state index < -0.39 is 0 Å². The van der Waals surface area contributed by atoms with Crippen molar-refractivity contribution in [3.05, 3.63) is 0 Å². The van der Waals surface area contributed by atoms with Gasteiger partial charge in [-0.2, -0.15) is 0 Å². The first-order chi connectivity index (χ1) is 13.5. The fraction of sp³-hybridized carbons (Fsp3) is 1.00. The third-order valence-corrected chi connectivity index (χ3v) is 11.4. The molecule has 1 fully saturated rings. The normalized spacial score (nSPS) is 26.1. The molecule has 0 aliphatic heterocycles. The molecule has 0 saturated heterocycles. The molecule has 0 aromatic rings. The van der Waals surface area contributed by atoms with Crippen molar-refractivity contribution >= 4 is 0 Å². The summed E-state index contributed by atoms with van der Waals surface area (Å²) in [6, 6.07) is 0. The van der Waals surface area contributed by atoms with Gasteiger partial charge in [-0.05, 0) is 81.8 Å². The van der Waals surface area contributed by atoms with Crippen LogP contribution in [0.2, 0.25) is 0 Å². The minimum absolute atomic E-state index is 0.300. The Bertz CT molecular complexity index is 550. The maximum atomic E-state index is 2.62. The highest BCUT2D eigenvalue weighted by Gasteiger charge is 2.52. The third-order valence-electron chi connectivity index (χ3n) is 11.4. The zero-order valence-corrected chi connectivity index (χ0v) is 24.8. The molecule has 0 bridgehead atoms. The van der Waals surface area contributed by atoms with Gasteiger partial charge in [0.05, 0.1) is 0 Å². The topological polar surface area (TPSA) is 0 Å². The van der Waals surface area contributed by atoms with Gasteiger partial charge in [0, 0.05) is 0 Å². The Kier molecular flexibility index (Phi) is 8.41. The van der Waals surface area contributed by atoms with Crippen LogP contribution in [0, 0.1) is 56.2 Å². The van der Waals surface area contributed by atoms with Crippen LogP contribution in [0.3, 0.4) is 0 Å². The molecule has 186 valence electrons. The van der Waals surface area contributed by atoms with E-state index >= 15 is 0 Å². The molecular weight excluding hydrogens is 372 g/mol. The zero-order chi connectivity index (χ0) is 24.8. The van der Waals surface area contributed by atoms with Gasteiger partial charge in [0.15, 0.2) is 0 Å². The molecule has 1 aliphatic carbocycles. The fourth-order valence-electron chi connectivity index (χ4n) is 6.61. The van der Waals surface area contributed by atoms with E-state index in [-0.39, 0.29) is 0 Å². The summed E-state index contributed by atoms with van der Waals surface area (Å²) in [5.41, 5.74) is 2.08. The summed E-state index contributed by atoms with van der Waals surface area (Å²) >= 11 is 0. The monoisotopic (exact) mass is 434 g/mol. The van der Waals surface area contributed by atoms with Crippen LogP contribution in [0.1, 0.15) is 143 Å². The lowest BCUT2D eigenvalue weighted by Crippen LogP contribution is -2.49. The van der Waals surface area contributed by atoms with Gasteiger partial charge >= 0.3 is 0 Å². The maximum absolute atomic E-state index is 2.62. The van der Waals surface area contributed by atoms with Crippen molar-refractivity contribution in [1.82, 2.24) is 0 Å². The van der Waals surface area contributed by atoms with E-state index in [1.165, 1.54) is 32.1 Å². The third kappa shape index (κ3) is 6.12. The predicted molar refractivity (Wildman–Crippen MR) is 142 cm³/mol. The molecule has 0 aromatic heterocycles. The van der Waals surface area contributed by atoms with Crippen molar-refractivity contribution in [1.29, 1.82) is 0 Å². The lowest BCUT2D eigenvalue weighted by molar-refractivity contribution is -0.0826. The molecule has 0 nitrogen and oxygen atoms in total. The first kappa shape index (κ1) is 29.0. The van der Waals surface area contributed by atoms with Crippen LogP contribution in [0.25, 0.3) is 0 Å². The lowest BCUT2D eigenvalue weighted by Gasteiger charge is -2.58. The molecule has 3 unspecified atom stereocenters. The molecule has 0 heterocycles. The average Bonchev–Trinajstić information content (AvgIpc) is 2.57. The maximum Gasteiger partial charge on any atom is -0.0274 e. The van der Waals surface area contributed by atoms with Crippen molar-refractivity contribution < 1.29 is 0 Å². The van der Waals surface area contributed by atoms with E-state index in [4.69, 9.17) is 0 Å². The Labute approximate surface area is 199 Å². The fourth-order valence-corrected chi connectivity index (χ4v) is 6.61. The number of hydrogen-bond donors (Lipinski definition) is 0. The van der Waals surface area contributed by atoms with Crippen LogP contribution in [-0.4, -0.2) is 0 Å². The molecule has 1 saturated carbocycles. The molecule has 0 aromatic carbocycles. The van der Waals surface area contributed by atoms with Gasteiger partial charge in [-0.1, -0.05) is 117 Å². The molecule has 3 atom stereocenters. The van der Waals surface area contributed by atoms with Gasteiger partial charge in [0.2, 0.25) is 0 Å². The standard InChI is InChI=1S/C31H62/c1-17-22(2)30(13,14)28(9,10)21-29(11,12)31(15,16)25-19-23(26(3,4)5)18-24(20-25)27(6,7)8/h22-25H,17-21H2,1-16H3. The van der Waals surface area contributed by atoms with Crippen LogP contribution in [0.15, 0.2) is 0 Å². The Morgan fingerprint density at radius 3 is 1.26 bits per heavy atom. The first-order valence-electron chi connectivity index (χ1n) is 13.5. The van der Waals surface area contributed by atoms with E-state index in [9.17, 15) is 0 Å². The van der Waals surface area contributed by atoms with E-state index in [1.54, 1.807) is 0 Å². The van der Waals surface area contributed by atoms with Gasteiger partial charge in [-0.25, -0.2) is 0 Å². The van der Waals surface area contributed by atoms with Crippen LogP contribution in [0.5, 0.6) is 0 Å². The summed E-state index contributed by atoms with van der Waals surface area (Å²) in [7, 11) is 0. The summed E-state index contributed by atoms with van der Waals surface area (Å²) in [5, 5.41) is 0. The largest absolute Gasteiger partial charge is 0.0651 e. The minimum atomic E-state index is 0.300. The molecule has 1 rings (SSSR count). The highest BCUT2D eigenvalue weighted by Crippen LogP contribution is 2.61. The van der Waals surface area contributed by atoms with Crippen LogP contribution < -0.4 is 0 Å². The molecule has 0 amide bonds. The van der Waals surface area contributed by atoms with E-state index in [2.05, 4.69) is 111 Å². The lowest BCUT2D eigenvalue weighted by atomic mass is 9.47. The van der Waals surface area contributed by atoms with Crippen LogP contribution >= 0.6 is 0 Å². The van der Waals surface area contributed by atoms with E-state index in [0.29, 0.717) is 32.5 Å². The molecule has 0 spiro atoms. The number of hydrogen-bond acceptors (Lipinski definition) is 0. The number of rotatable bonds is 7. The second-order valence-electron chi connectivity index (χ2n) is 16.2. The van der Waals surface area contributed by atoms with Gasteiger partial charge in [-0.3, -0.25) is 0 Å². The highest BCUT2D eigenvalue weighted by molar-refractivity contribution is 5.02. The van der Waals surface area contributed by atoms with Crippen molar-refractivity contribution in [2.75, 3.05) is 0 Å². The molecular formula is C31H62. The smallest absolute Gasteiger partial charge is 0.0274 e. The van der Waals surface area contributed by atoms with Gasteiger partial charge in [0.1, 0.15) is 0 Å². The predicted octanol–water partition coefficient (Wildman–Crippen LogP) is 10.7. The highest BCUT2D eigenvalue weighted by atomic mass is 14.6. The summed E-state index contributed by atoms with van der Waals surface area (Å²) in [4.78, 5) is 0. The summed E-state index contributed by atoms with van der Waals surface area (Å²) in [6.45, 7) is 40.3. The van der Waals surface area contributed by atoms with Crippen molar-refractivity contribution in [2.24, 2.45) is 56.2 Å². The summed E-state index contributed by atoms with van der Waals surface area (Å²) < 4.78 is 0. The van der Waals surface area contributed by atoms with Crippen molar-refractivity contribution in [3.8, 4) is 0 Å². The molecule has 0 radical (unpaired) electrons. The Morgan fingerprint density at radius 2 is 0.935 bits per heavy atom. The quantitative estimate of drug-likeness (QED) is 0.373. The van der Waals surface area contributed by atoms with E-state index in [0.717, 1.165) is 23.7 Å². The zero-order valence-electron chi connectivity index (χ0n) is 24.8. The van der Waals surface area contributed by atoms with Crippen LogP contribution in [-0.2, 0) is 0 Å². The molecule has 31 heavy (non-hydrogen) atoms. The second kappa shape index (κ2) is 8.98. The van der Waals surface area contributed by atoms with Crippen molar-refractivity contribution in [3.63, 3.8) is 0 Å². The Morgan fingerprint density at radius 1 is 0.581 bits per heavy atom. The summed E-state index contributed by atoms with van der Waals surface area (Å²) in [6.07, 6.45) is 6.78. The Balaban J connectivity index is 3.28. The summed E-state index contributed by atoms with van der Waals surface area (Å²) in [5.74, 6) is 3.20. The SMILES string of the molecule is CCC(C)C(C)(C)C(C)(C)CC(C)(C)C(C)(C)C1CC(C(C)(C)C)CC(C(C)(C)C)C1. The van der Waals surface area contributed by atoms with E-state index in [1.807, 2.05) is 0 Å². The van der Waals surface area contributed by atoms with Crippen LogP contribution in [0.4, 0.5) is 0 Å². The minimum Gasteiger partial charge on any atom is -0.0651 e. The molecule has 1 aliphatic rings.